The molecule has 2 fully saturated rings. The first-order valence-corrected chi connectivity index (χ1v) is 13.6. The molecule has 3 N–H and O–H groups in total. The van der Waals surface area contributed by atoms with Crippen LogP contribution in [0.15, 0.2) is 48.5 Å². The summed E-state index contributed by atoms with van der Waals surface area (Å²) in [6.45, 7) is 4.67. The number of aliphatic hydroxyl groups excluding tert-OH is 1. The number of aliphatic hydroxyl groups is 1. The summed E-state index contributed by atoms with van der Waals surface area (Å²) in [6, 6.07) is 15.0. The van der Waals surface area contributed by atoms with E-state index in [4.69, 9.17) is 10.8 Å². The number of piperidine rings is 2. The molecule has 2 saturated heterocycles. The Kier molecular flexibility index (Phi) is 14.8. The standard InChI is InChI=1S/C14H19FN2O2.C14H21FN2.CH4O/c15-7-10-16-8-5-13(6-9-16)11-12-1-3-14(4-2-12)17(18)19;15-7-10-17-8-5-13(6-9-17)11-12-1-3-14(16)4-2-12;1-2/h1-4,13H,5-11H2;1-4,13H,5-11,16H2;2H,1H3. The third-order valence-corrected chi connectivity index (χ3v) is 7.39. The third kappa shape index (κ3) is 11.4. The highest BCUT2D eigenvalue weighted by atomic mass is 19.1. The van der Waals surface area contributed by atoms with Gasteiger partial charge in [-0.15, -0.1) is 0 Å². The summed E-state index contributed by atoms with van der Waals surface area (Å²) in [6.07, 6.45) is 6.62. The highest BCUT2D eigenvalue weighted by molar-refractivity contribution is 5.39. The normalized spacial score (nSPS) is 17.2. The van der Waals surface area contributed by atoms with Crippen LogP contribution in [0.2, 0.25) is 0 Å². The van der Waals surface area contributed by atoms with Crippen molar-refractivity contribution in [3.63, 3.8) is 0 Å². The minimum Gasteiger partial charge on any atom is -0.400 e. The van der Waals surface area contributed by atoms with Crippen molar-refractivity contribution < 1.29 is 18.8 Å². The molecule has 9 heteroatoms. The molecule has 0 aromatic heterocycles. The van der Waals surface area contributed by atoms with Gasteiger partial charge >= 0.3 is 0 Å². The number of nitro groups is 1. The molecule has 2 heterocycles. The molecule has 0 radical (unpaired) electrons. The van der Waals surface area contributed by atoms with Crippen molar-refractivity contribution in [1.82, 2.24) is 9.80 Å². The highest BCUT2D eigenvalue weighted by Crippen LogP contribution is 2.23. The molecule has 0 amide bonds. The Bertz CT molecular complexity index is 899. The number of likely N-dealkylation sites (tertiary alicyclic amines) is 2. The first-order valence-electron chi connectivity index (χ1n) is 13.6. The molecule has 0 bridgehead atoms. The van der Waals surface area contributed by atoms with Crippen molar-refractivity contribution >= 4 is 11.4 Å². The van der Waals surface area contributed by atoms with Crippen LogP contribution in [-0.4, -0.2) is 79.6 Å². The number of nitrogens with zero attached hydrogens (tertiary/aromatic N) is 3. The number of halogens is 2. The number of alkyl halides is 2. The lowest BCUT2D eigenvalue weighted by atomic mass is 9.90. The Morgan fingerprint density at radius 1 is 0.789 bits per heavy atom. The number of nitrogens with two attached hydrogens (primary N) is 1. The highest BCUT2D eigenvalue weighted by Gasteiger charge is 2.20. The van der Waals surface area contributed by atoms with Crippen LogP contribution in [0.25, 0.3) is 0 Å². The van der Waals surface area contributed by atoms with Crippen molar-refractivity contribution in [2.45, 2.75) is 38.5 Å². The Labute approximate surface area is 225 Å². The van der Waals surface area contributed by atoms with Gasteiger partial charge in [-0.05, 0) is 99.8 Å². The molecule has 7 nitrogen and oxygen atoms in total. The fraction of sp³-hybridized carbons (Fsp3) is 0.586. The van der Waals surface area contributed by atoms with Crippen LogP contribution in [0.1, 0.15) is 36.8 Å². The largest absolute Gasteiger partial charge is 0.400 e. The van der Waals surface area contributed by atoms with Gasteiger partial charge in [0.1, 0.15) is 13.3 Å². The molecule has 2 aliphatic rings. The van der Waals surface area contributed by atoms with E-state index in [1.807, 2.05) is 24.3 Å². The van der Waals surface area contributed by atoms with E-state index >= 15 is 0 Å². The molecule has 2 aliphatic heterocycles. The van der Waals surface area contributed by atoms with E-state index in [-0.39, 0.29) is 24.0 Å². The zero-order valence-electron chi connectivity index (χ0n) is 22.6. The second-order valence-electron chi connectivity index (χ2n) is 10.0. The van der Waals surface area contributed by atoms with E-state index in [0.717, 1.165) is 76.1 Å². The Balaban J connectivity index is 0.000000252. The molecule has 0 unspecified atom stereocenters. The maximum atomic E-state index is 12.2. The van der Waals surface area contributed by atoms with Gasteiger partial charge in [-0.2, -0.15) is 0 Å². The summed E-state index contributed by atoms with van der Waals surface area (Å²) in [5, 5.41) is 17.6. The number of nitro benzene ring substituents is 1. The molecule has 0 spiro atoms. The fourth-order valence-corrected chi connectivity index (χ4v) is 5.14. The average molecular weight is 535 g/mol. The summed E-state index contributed by atoms with van der Waals surface area (Å²) < 4.78 is 24.4. The predicted molar refractivity (Wildman–Crippen MR) is 150 cm³/mol. The number of hydrogen-bond donors (Lipinski definition) is 2. The van der Waals surface area contributed by atoms with Gasteiger partial charge in [0.25, 0.3) is 5.69 Å². The molecule has 4 rings (SSSR count). The molecular weight excluding hydrogens is 490 g/mol. The van der Waals surface area contributed by atoms with Gasteiger partial charge in [-0.1, -0.05) is 24.3 Å². The van der Waals surface area contributed by atoms with Gasteiger partial charge in [-0.3, -0.25) is 10.1 Å². The lowest BCUT2D eigenvalue weighted by molar-refractivity contribution is -0.384. The van der Waals surface area contributed by atoms with Crippen molar-refractivity contribution in [2.24, 2.45) is 11.8 Å². The number of hydrogen-bond acceptors (Lipinski definition) is 6. The van der Waals surface area contributed by atoms with Gasteiger partial charge in [-0.25, -0.2) is 8.78 Å². The van der Waals surface area contributed by atoms with E-state index in [1.165, 1.54) is 18.4 Å². The predicted octanol–water partition coefficient (Wildman–Crippen LogP) is 4.92. The number of nitrogen functional groups attached to an aromatic ring is 1. The van der Waals surface area contributed by atoms with Crippen LogP contribution in [0.3, 0.4) is 0 Å². The van der Waals surface area contributed by atoms with Gasteiger partial charge in [0.2, 0.25) is 0 Å². The fourth-order valence-electron chi connectivity index (χ4n) is 5.14. The monoisotopic (exact) mass is 534 g/mol. The topological polar surface area (TPSA) is 95.9 Å². The molecule has 0 aliphatic carbocycles. The summed E-state index contributed by atoms with van der Waals surface area (Å²) in [5.74, 6) is 1.35. The maximum absolute atomic E-state index is 12.2. The molecule has 0 atom stereocenters. The summed E-state index contributed by atoms with van der Waals surface area (Å²) >= 11 is 0. The second-order valence-corrected chi connectivity index (χ2v) is 10.0. The molecule has 0 saturated carbocycles. The minimum absolute atomic E-state index is 0.140. The molecule has 2 aromatic rings. The van der Waals surface area contributed by atoms with Crippen LogP contribution in [0, 0.1) is 22.0 Å². The van der Waals surface area contributed by atoms with Crippen molar-refractivity contribution in [3.8, 4) is 0 Å². The van der Waals surface area contributed by atoms with Crippen LogP contribution in [0.4, 0.5) is 20.2 Å². The smallest absolute Gasteiger partial charge is 0.269 e. The number of rotatable bonds is 9. The first-order chi connectivity index (χ1) is 18.5. The van der Waals surface area contributed by atoms with E-state index in [2.05, 4.69) is 21.9 Å². The molecular formula is C29H44F2N4O3. The number of benzene rings is 2. The number of anilines is 1. The van der Waals surface area contributed by atoms with Crippen molar-refractivity contribution in [3.05, 3.63) is 69.8 Å². The average Bonchev–Trinajstić information content (AvgIpc) is 2.94. The molecule has 38 heavy (non-hydrogen) atoms. The zero-order chi connectivity index (χ0) is 27.8. The first kappa shape index (κ1) is 31.6. The molecule has 212 valence electrons. The van der Waals surface area contributed by atoms with Crippen LogP contribution in [0.5, 0.6) is 0 Å². The number of non-ortho nitro benzene ring substituents is 1. The van der Waals surface area contributed by atoms with Gasteiger partial charge in [0, 0.05) is 38.0 Å². The van der Waals surface area contributed by atoms with Crippen molar-refractivity contribution in [1.29, 1.82) is 0 Å². The van der Waals surface area contributed by atoms with Gasteiger partial charge in [0.15, 0.2) is 0 Å². The summed E-state index contributed by atoms with van der Waals surface area (Å²) in [4.78, 5) is 14.6. The van der Waals surface area contributed by atoms with Gasteiger partial charge in [0.05, 0.1) is 4.92 Å². The van der Waals surface area contributed by atoms with Crippen LogP contribution >= 0.6 is 0 Å². The quantitative estimate of drug-likeness (QED) is 0.269. The van der Waals surface area contributed by atoms with E-state index in [1.54, 1.807) is 12.1 Å². The lowest BCUT2D eigenvalue weighted by Crippen LogP contribution is -2.35. The summed E-state index contributed by atoms with van der Waals surface area (Å²) in [7, 11) is 1.00. The third-order valence-electron chi connectivity index (χ3n) is 7.39. The van der Waals surface area contributed by atoms with E-state index in [9.17, 15) is 18.9 Å². The van der Waals surface area contributed by atoms with Crippen LogP contribution < -0.4 is 5.73 Å². The second kappa shape index (κ2) is 17.8. The Hall–Kier alpha value is -2.62. The molecule has 2 aromatic carbocycles. The van der Waals surface area contributed by atoms with E-state index in [0.29, 0.717) is 19.0 Å². The Morgan fingerprint density at radius 3 is 1.50 bits per heavy atom. The van der Waals surface area contributed by atoms with E-state index < -0.39 is 0 Å². The van der Waals surface area contributed by atoms with Crippen molar-refractivity contribution in [2.75, 3.05) is 65.5 Å². The van der Waals surface area contributed by atoms with Gasteiger partial charge < -0.3 is 20.6 Å². The SMILES string of the molecule is CO.Nc1ccc(CC2CCN(CCF)CC2)cc1.O=[N+]([O-])c1ccc(CC2CCN(CCF)CC2)cc1. The zero-order valence-corrected chi connectivity index (χ0v) is 22.6. The van der Waals surface area contributed by atoms with Crippen LogP contribution in [-0.2, 0) is 12.8 Å². The summed E-state index contributed by atoms with van der Waals surface area (Å²) in [5.41, 5.74) is 9.15. The Morgan fingerprint density at radius 2 is 1.16 bits per heavy atom. The minimum atomic E-state index is -0.376. The lowest BCUT2D eigenvalue weighted by Gasteiger charge is -2.31. The maximum Gasteiger partial charge on any atom is 0.269 e.